The van der Waals surface area contributed by atoms with Crippen LogP contribution in [0, 0.1) is 11.8 Å². The molecule has 16 heavy (non-hydrogen) atoms. The predicted octanol–water partition coefficient (Wildman–Crippen LogP) is 1.40. The molecule has 84 valence electrons. The van der Waals surface area contributed by atoms with E-state index in [1.54, 1.807) is 6.92 Å². The largest absolute Gasteiger partial charge is 0.507 e. The van der Waals surface area contributed by atoms with Crippen LogP contribution in [-0.2, 0) is 9.53 Å². The van der Waals surface area contributed by atoms with Crippen LogP contribution in [0.15, 0.2) is 18.2 Å². The number of rotatable bonds is 2. The molecule has 0 heterocycles. The van der Waals surface area contributed by atoms with Gasteiger partial charge in [0.25, 0.3) is 0 Å². The Labute approximate surface area is 93.5 Å². The first-order valence-corrected chi connectivity index (χ1v) is 4.80. The molecule has 0 aliphatic carbocycles. The van der Waals surface area contributed by atoms with Gasteiger partial charge in [0.1, 0.15) is 23.5 Å². The molecule has 0 amide bonds. The molecule has 0 atom stereocenters. The first kappa shape index (κ1) is 11.9. The van der Waals surface area contributed by atoms with Gasteiger partial charge in [0.05, 0.1) is 6.61 Å². The zero-order valence-electron chi connectivity index (χ0n) is 8.86. The minimum Gasteiger partial charge on any atom is -0.507 e. The van der Waals surface area contributed by atoms with E-state index in [0.717, 1.165) is 0 Å². The third kappa shape index (κ3) is 3.21. The van der Waals surface area contributed by atoms with Crippen molar-refractivity contribution in [2.24, 2.45) is 0 Å². The van der Waals surface area contributed by atoms with Crippen molar-refractivity contribution < 1.29 is 19.7 Å². The molecule has 0 radical (unpaired) electrons. The predicted molar refractivity (Wildman–Crippen MR) is 57.9 cm³/mol. The van der Waals surface area contributed by atoms with Crippen molar-refractivity contribution >= 4 is 5.97 Å². The fourth-order valence-corrected chi connectivity index (χ4v) is 1.07. The number of phenols is 2. The minimum atomic E-state index is -0.426. The third-order valence-corrected chi connectivity index (χ3v) is 1.77. The molecule has 0 saturated heterocycles. The van der Waals surface area contributed by atoms with Gasteiger partial charge in [-0.2, -0.15) is 0 Å². The van der Waals surface area contributed by atoms with Crippen LogP contribution in [0.25, 0.3) is 0 Å². The number of carbonyl (C=O) groups excluding carboxylic acids is 1. The second kappa shape index (κ2) is 5.66. The molecule has 1 aromatic rings. The van der Waals surface area contributed by atoms with Crippen molar-refractivity contribution in [2.45, 2.75) is 13.3 Å². The Bertz CT molecular complexity index is 420. The number of phenolic OH excluding ortho intramolecular Hbond substituents is 2. The highest BCUT2D eigenvalue weighted by Crippen LogP contribution is 2.24. The third-order valence-electron chi connectivity index (χ3n) is 1.77. The highest BCUT2D eigenvalue weighted by atomic mass is 16.5. The first-order valence-electron chi connectivity index (χ1n) is 4.80. The fourth-order valence-electron chi connectivity index (χ4n) is 1.07. The Hall–Kier alpha value is -2.15. The quantitative estimate of drug-likeness (QED) is 0.584. The molecule has 0 fully saturated rings. The number of carbonyl (C=O) groups is 1. The summed E-state index contributed by atoms with van der Waals surface area (Å²) in [6, 6.07) is 4.32. The van der Waals surface area contributed by atoms with Gasteiger partial charge < -0.3 is 14.9 Å². The van der Waals surface area contributed by atoms with Gasteiger partial charge in [-0.05, 0) is 19.1 Å². The fraction of sp³-hybridized carbons (Fsp3) is 0.250. The molecule has 0 aliphatic rings. The van der Waals surface area contributed by atoms with Crippen LogP contribution in [-0.4, -0.2) is 22.8 Å². The van der Waals surface area contributed by atoms with Gasteiger partial charge in [0.2, 0.25) is 0 Å². The Balaban J connectivity index is 2.74. The summed E-state index contributed by atoms with van der Waals surface area (Å²) in [4.78, 5) is 11.0. The molecule has 1 rings (SSSR count). The summed E-state index contributed by atoms with van der Waals surface area (Å²) in [7, 11) is 0. The van der Waals surface area contributed by atoms with Gasteiger partial charge in [-0.25, -0.2) is 0 Å². The van der Waals surface area contributed by atoms with Crippen molar-refractivity contribution in [2.75, 3.05) is 6.61 Å². The summed E-state index contributed by atoms with van der Waals surface area (Å²) < 4.78 is 4.67. The number of benzene rings is 1. The normalized spacial score (nSPS) is 9.06. The average molecular weight is 220 g/mol. The molecule has 0 aliphatic heterocycles. The highest BCUT2D eigenvalue weighted by molar-refractivity contribution is 5.72. The summed E-state index contributed by atoms with van der Waals surface area (Å²) in [5.74, 6) is 4.39. The van der Waals surface area contributed by atoms with Crippen LogP contribution in [0.4, 0.5) is 0 Å². The van der Waals surface area contributed by atoms with Crippen molar-refractivity contribution in [3.63, 3.8) is 0 Å². The van der Waals surface area contributed by atoms with E-state index >= 15 is 0 Å². The smallest absolute Gasteiger partial charge is 0.317 e. The van der Waals surface area contributed by atoms with Crippen molar-refractivity contribution in [1.29, 1.82) is 0 Å². The summed E-state index contributed by atoms with van der Waals surface area (Å²) >= 11 is 0. The SMILES string of the molecule is CCOC(=O)CC#Cc1c(O)cccc1O. The highest BCUT2D eigenvalue weighted by Gasteiger charge is 2.03. The van der Waals surface area contributed by atoms with Crippen LogP contribution >= 0.6 is 0 Å². The lowest BCUT2D eigenvalue weighted by atomic mass is 10.2. The molecule has 0 spiro atoms. The van der Waals surface area contributed by atoms with Crippen molar-refractivity contribution in [3.8, 4) is 23.3 Å². The molecule has 0 bridgehead atoms. The molecule has 4 nitrogen and oxygen atoms in total. The van der Waals surface area contributed by atoms with E-state index in [4.69, 9.17) is 0 Å². The molecular weight excluding hydrogens is 208 g/mol. The van der Waals surface area contributed by atoms with E-state index < -0.39 is 5.97 Å². The van der Waals surface area contributed by atoms with Crippen molar-refractivity contribution in [1.82, 2.24) is 0 Å². The standard InChI is InChI=1S/C12H12O4/c1-2-16-12(15)8-3-5-9-10(13)6-4-7-11(9)14/h4,6-7,13-14H,2,8H2,1H3. The number of hydrogen-bond donors (Lipinski definition) is 2. The number of aromatic hydroxyl groups is 2. The molecule has 0 unspecified atom stereocenters. The van der Waals surface area contributed by atoms with Gasteiger partial charge in [-0.15, -0.1) is 0 Å². The summed E-state index contributed by atoms with van der Waals surface area (Å²) in [5, 5.41) is 18.8. The van der Waals surface area contributed by atoms with Crippen LogP contribution in [0.3, 0.4) is 0 Å². The Morgan fingerprint density at radius 3 is 2.56 bits per heavy atom. The Morgan fingerprint density at radius 1 is 1.38 bits per heavy atom. The Kier molecular flexibility index (Phi) is 4.22. The zero-order valence-corrected chi connectivity index (χ0v) is 8.86. The van der Waals surface area contributed by atoms with E-state index in [0.29, 0.717) is 6.61 Å². The van der Waals surface area contributed by atoms with Gasteiger partial charge in [-0.3, -0.25) is 4.79 Å². The van der Waals surface area contributed by atoms with E-state index in [-0.39, 0.29) is 23.5 Å². The number of esters is 1. The molecule has 4 heteroatoms. The number of ether oxygens (including phenoxy) is 1. The second-order valence-corrected chi connectivity index (χ2v) is 2.95. The molecule has 2 N–H and O–H groups in total. The summed E-state index contributed by atoms with van der Waals surface area (Å²) in [5.41, 5.74) is 0.117. The van der Waals surface area contributed by atoms with Gasteiger partial charge in [0.15, 0.2) is 0 Å². The Morgan fingerprint density at radius 2 is 2.00 bits per heavy atom. The average Bonchev–Trinajstić information content (AvgIpc) is 2.23. The zero-order chi connectivity index (χ0) is 12.0. The molecule has 1 aromatic carbocycles. The van der Waals surface area contributed by atoms with Gasteiger partial charge in [-0.1, -0.05) is 17.9 Å². The second-order valence-electron chi connectivity index (χ2n) is 2.95. The maximum Gasteiger partial charge on any atom is 0.317 e. The lowest BCUT2D eigenvalue weighted by Gasteiger charge is -1.99. The van der Waals surface area contributed by atoms with Gasteiger partial charge >= 0.3 is 5.97 Å². The van der Waals surface area contributed by atoms with Crippen LogP contribution in [0.2, 0.25) is 0 Å². The lowest BCUT2D eigenvalue weighted by Crippen LogP contribution is -2.01. The van der Waals surface area contributed by atoms with Crippen LogP contribution in [0.5, 0.6) is 11.5 Å². The molecule has 0 aromatic heterocycles. The van der Waals surface area contributed by atoms with Crippen molar-refractivity contribution in [3.05, 3.63) is 23.8 Å². The molecule has 0 saturated carbocycles. The van der Waals surface area contributed by atoms with E-state index in [1.807, 2.05) is 0 Å². The monoisotopic (exact) mass is 220 g/mol. The van der Waals surface area contributed by atoms with E-state index in [9.17, 15) is 15.0 Å². The summed E-state index contributed by atoms with van der Waals surface area (Å²) in [6.45, 7) is 2.02. The lowest BCUT2D eigenvalue weighted by molar-refractivity contribution is -0.141. The maximum atomic E-state index is 11.0. The minimum absolute atomic E-state index is 0.0678. The topological polar surface area (TPSA) is 66.8 Å². The van der Waals surface area contributed by atoms with E-state index in [2.05, 4.69) is 16.6 Å². The molecular formula is C12H12O4. The number of hydrogen-bond acceptors (Lipinski definition) is 4. The maximum absolute atomic E-state index is 11.0. The first-order chi connectivity index (χ1) is 7.65. The van der Waals surface area contributed by atoms with Gasteiger partial charge in [0, 0.05) is 0 Å². The van der Waals surface area contributed by atoms with Crippen LogP contribution in [0.1, 0.15) is 18.9 Å². The van der Waals surface area contributed by atoms with E-state index in [1.165, 1.54) is 18.2 Å². The van der Waals surface area contributed by atoms with Crippen LogP contribution < -0.4 is 0 Å². The summed E-state index contributed by atoms with van der Waals surface area (Å²) in [6.07, 6.45) is -0.0678.